The quantitative estimate of drug-likeness (QED) is 0.726. The van der Waals surface area contributed by atoms with Gasteiger partial charge in [0.05, 0.1) is 25.3 Å². The van der Waals surface area contributed by atoms with Crippen molar-refractivity contribution in [2.45, 2.75) is 50.5 Å². The van der Waals surface area contributed by atoms with E-state index in [0.717, 1.165) is 31.2 Å². The Bertz CT molecular complexity index is 1080. The Morgan fingerprint density at radius 3 is 2.65 bits per heavy atom. The standard InChI is InChI=1S/C22H24F3N5O4/c23-22(24,25)20-27-18(28-34-20)13-5-6-14-12-30(19(31)15(14)11-13)17-4-2-1-3-16(17)26-21(32)29-7-9-33-10-8-29/h5-6,11,16-17H,1-4,7-10,12H2,(H,26,32)/t16-,17-/m1/s1. The summed E-state index contributed by atoms with van der Waals surface area (Å²) >= 11 is 0. The van der Waals surface area contributed by atoms with Gasteiger partial charge < -0.3 is 24.4 Å². The highest BCUT2D eigenvalue weighted by Gasteiger charge is 2.40. The van der Waals surface area contributed by atoms with Gasteiger partial charge in [0.15, 0.2) is 0 Å². The van der Waals surface area contributed by atoms with Gasteiger partial charge in [0.2, 0.25) is 5.82 Å². The van der Waals surface area contributed by atoms with Crippen LogP contribution in [0.2, 0.25) is 0 Å². The van der Waals surface area contributed by atoms with Crippen molar-refractivity contribution in [3.05, 3.63) is 35.2 Å². The number of carbonyl (C=O) groups is 2. The number of nitrogens with one attached hydrogen (secondary N) is 1. The van der Waals surface area contributed by atoms with Crippen LogP contribution in [-0.2, 0) is 17.5 Å². The largest absolute Gasteiger partial charge is 0.471 e. The lowest BCUT2D eigenvalue weighted by Gasteiger charge is -2.39. The molecule has 182 valence electrons. The Morgan fingerprint density at radius 2 is 1.91 bits per heavy atom. The number of alkyl halides is 3. The van der Waals surface area contributed by atoms with Crippen molar-refractivity contribution >= 4 is 11.9 Å². The maximum atomic E-state index is 13.3. The van der Waals surface area contributed by atoms with E-state index in [2.05, 4.69) is 20.0 Å². The van der Waals surface area contributed by atoms with E-state index in [4.69, 9.17) is 4.74 Å². The van der Waals surface area contributed by atoms with Gasteiger partial charge in [-0.25, -0.2) is 4.79 Å². The number of fused-ring (bicyclic) bond motifs is 1. The summed E-state index contributed by atoms with van der Waals surface area (Å²) < 4.78 is 48.0. The molecular weight excluding hydrogens is 455 g/mol. The van der Waals surface area contributed by atoms with Gasteiger partial charge in [-0.3, -0.25) is 4.79 Å². The van der Waals surface area contributed by atoms with E-state index in [1.165, 1.54) is 6.07 Å². The normalized spacial score (nSPS) is 23.2. The summed E-state index contributed by atoms with van der Waals surface area (Å²) in [6, 6.07) is 4.31. The van der Waals surface area contributed by atoms with Crippen LogP contribution < -0.4 is 5.32 Å². The van der Waals surface area contributed by atoms with Gasteiger partial charge in [-0.2, -0.15) is 18.2 Å². The molecule has 3 aliphatic rings. The summed E-state index contributed by atoms with van der Waals surface area (Å²) in [5.41, 5.74) is 1.45. The fourth-order valence-corrected chi connectivity index (χ4v) is 4.86. The number of carbonyl (C=O) groups excluding carboxylic acids is 2. The van der Waals surface area contributed by atoms with Gasteiger partial charge in [-0.1, -0.05) is 30.1 Å². The van der Waals surface area contributed by atoms with Crippen LogP contribution in [0.5, 0.6) is 0 Å². The third-order valence-corrected chi connectivity index (χ3v) is 6.61. The molecular formula is C22H24F3N5O4. The van der Waals surface area contributed by atoms with Crippen molar-refractivity contribution in [1.29, 1.82) is 0 Å². The van der Waals surface area contributed by atoms with E-state index in [1.54, 1.807) is 21.9 Å². The lowest BCUT2D eigenvalue weighted by Crippen LogP contribution is -2.57. The van der Waals surface area contributed by atoms with E-state index in [9.17, 15) is 22.8 Å². The van der Waals surface area contributed by atoms with Crippen LogP contribution in [0.1, 0.15) is 47.5 Å². The molecule has 9 nitrogen and oxygen atoms in total. The average Bonchev–Trinajstić information content (AvgIpc) is 3.45. The SMILES string of the molecule is O=C(N[C@@H]1CCCC[C@H]1N1Cc2ccc(-c3noc(C(F)(F)F)n3)cc2C1=O)N1CCOCC1. The zero-order chi connectivity index (χ0) is 23.9. The molecule has 0 radical (unpaired) electrons. The van der Waals surface area contributed by atoms with Crippen molar-refractivity contribution in [2.24, 2.45) is 0 Å². The first kappa shape index (κ1) is 22.6. The molecule has 1 aromatic carbocycles. The Balaban J connectivity index is 1.33. The molecule has 2 aromatic rings. The minimum absolute atomic E-state index is 0.149. The highest BCUT2D eigenvalue weighted by Crippen LogP contribution is 2.34. The van der Waals surface area contributed by atoms with Crippen LogP contribution in [0, 0.1) is 0 Å². The summed E-state index contributed by atoms with van der Waals surface area (Å²) in [5.74, 6) is -1.87. The second-order valence-electron chi connectivity index (χ2n) is 8.73. The second-order valence-corrected chi connectivity index (χ2v) is 8.73. The zero-order valence-electron chi connectivity index (χ0n) is 18.3. The highest BCUT2D eigenvalue weighted by molar-refractivity contribution is 5.99. The summed E-state index contributed by atoms with van der Waals surface area (Å²) in [7, 11) is 0. The Morgan fingerprint density at radius 1 is 1.15 bits per heavy atom. The number of ether oxygens (including phenoxy) is 1. The number of aromatic nitrogens is 2. The van der Waals surface area contributed by atoms with Crippen molar-refractivity contribution < 1.29 is 32.0 Å². The van der Waals surface area contributed by atoms with Crippen LogP contribution >= 0.6 is 0 Å². The minimum Gasteiger partial charge on any atom is -0.378 e. The van der Waals surface area contributed by atoms with Crippen molar-refractivity contribution in [3.63, 3.8) is 0 Å². The van der Waals surface area contributed by atoms with Crippen LogP contribution in [0.3, 0.4) is 0 Å². The van der Waals surface area contributed by atoms with E-state index in [-0.39, 0.29) is 35.4 Å². The molecule has 1 aromatic heterocycles. The van der Waals surface area contributed by atoms with E-state index < -0.39 is 12.1 Å². The fourth-order valence-electron chi connectivity index (χ4n) is 4.86. The zero-order valence-corrected chi connectivity index (χ0v) is 18.3. The third-order valence-electron chi connectivity index (χ3n) is 6.61. The van der Waals surface area contributed by atoms with Crippen molar-refractivity contribution in [1.82, 2.24) is 25.3 Å². The summed E-state index contributed by atoms with van der Waals surface area (Å²) in [6.45, 7) is 2.46. The van der Waals surface area contributed by atoms with E-state index in [1.807, 2.05) is 0 Å². The number of morpholine rings is 1. The molecule has 0 spiro atoms. The lowest BCUT2D eigenvalue weighted by molar-refractivity contribution is -0.159. The van der Waals surface area contributed by atoms with Gasteiger partial charge >= 0.3 is 18.1 Å². The van der Waals surface area contributed by atoms with Crippen LogP contribution in [-0.4, -0.2) is 70.3 Å². The Hall–Kier alpha value is -3.15. The number of urea groups is 1. The Kier molecular flexibility index (Phi) is 5.92. The topological polar surface area (TPSA) is 101 Å². The molecule has 3 heterocycles. The number of hydrogen-bond donors (Lipinski definition) is 1. The van der Waals surface area contributed by atoms with E-state index >= 15 is 0 Å². The minimum atomic E-state index is -4.74. The number of amides is 3. The van der Waals surface area contributed by atoms with Gasteiger partial charge in [0, 0.05) is 30.8 Å². The molecule has 5 rings (SSSR count). The summed E-state index contributed by atoms with van der Waals surface area (Å²) in [6.07, 6.45) is -1.29. The average molecular weight is 479 g/mol. The van der Waals surface area contributed by atoms with Crippen LogP contribution in [0.15, 0.2) is 22.7 Å². The van der Waals surface area contributed by atoms with Crippen LogP contribution in [0.25, 0.3) is 11.4 Å². The number of halogens is 3. The Labute approximate surface area is 193 Å². The number of rotatable bonds is 3. The maximum absolute atomic E-state index is 13.3. The molecule has 2 atom stereocenters. The fraction of sp³-hybridized carbons (Fsp3) is 0.545. The second kappa shape index (κ2) is 8.90. The first-order chi connectivity index (χ1) is 16.3. The number of benzene rings is 1. The first-order valence-corrected chi connectivity index (χ1v) is 11.3. The molecule has 3 amide bonds. The third kappa shape index (κ3) is 4.33. The first-order valence-electron chi connectivity index (χ1n) is 11.3. The molecule has 2 aliphatic heterocycles. The molecule has 1 N–H and O–H groups in total. The van der Waals surface area contributed by atoms with Gasteiger partial charge in [0.25, 0.3) is 5.91 Å². The predicted octanol–water partition coefficient (Wildman–Crippen LogP) is 3.06. The molecule has 1 saturated carbocycles. The number of hydrogen-bond acceptors (Lipinski definition) is 6. The number of nitrogens with zero attached hydrogens (tertiary/aromatic N) is 4. The van der Waals surface area contributed by atoms with Gasteiger partial charge in [0.1, 0.15) is 0 Å². The molecule has 1 aliphatic carbocycles. The van der Waals surface area contributed by atoms with Gasteiger partial charge in [-0.05, 0) is 24.5 Å². The summed E-state index contributed by atoms with van der Waals surface area (Å²) in [5, 5.41) is 6.52. The molecule has 0 bridgehead atoms. The molecule has 34 heavy (non-hydrogen) atoms. The molecule has 1 saturated heterocycles. The molecule has 0 unspecified atom stereocenters. The van der Waals surface area contributed by atoms with Crippen LogP contribution in [0.4, 0.5) is 18.0 Å². The van der Waals surface area contributed by atoms with Crippen molar-refractivity contribution in [3.8, 4) is 11.4 Å². The van der Waals surface area contributed by atoms with Gasteiger partial charge in [-0.15, -0.1) is 0 Å². The summed E-state index contributed by atoms with van der Waals surface area (Å²) in [4.78, 5) is 33.0. The predicted molar refractivity (Wildman–Crippen MR) is 112 cm³/mol. The lowest BCUT2D eigenvalue weighted by atomic mass is 9.89. The molecule has 12 heteroatoms. The maximum Gasteiger partial charge on any atom is 0.471 e. The smallest absolute Gasteiger partial charge is 0.378 e. The monoisotopic (exact) mass is 479 g/mol. The highest BCUT2D eigenvalue weighted by atomic mass is 19.4. The van der Waals surface area contributed by atoms with Crippen molar-refractivity contribution in [2.75, 3.05) is 26.3 Å². The van der Waals surface area contributed by atoms with E-state index in [0.29, 0.717) is 38.4 Å². The molecule has 2 fully saturated rings.